The molecule has 1 unspecified atom stereocenters. The Balaban J connectivity index is 1.41. The highest BCUT2D eigenvalue weighted by molar-refractivity contribution is 5.93. The van der Waals surface area contributed by atoms with Crippen LogP contribution >= 0.6 is 0 Å². The second-order valence-corrected chi connectivity index (χ2v) is 8.07. The van der Waals surface area contributed by atoms with Gasteiger partial charge in [-0.3, -0.25) is 9.48 Å². The van der Waals surface area contributed by atoms with Crippen molar-refractivity contribution < 1.29 is 35.9 Å². The second kappa shape index (κ2) is 7.98. The summed E-state index contributed by atoms with van der Waals surface area (Å²) in [4.78, 5) is 12.6. The lowest BCUT2D eigenvalue weighted by Gasteiger charge is -2.36. The van der Waals surface area contributed by atoms with E-state index in [2.05, 4.69) is 15.7 Å². The molecule has 2 aromatic rings. The van der Waals surface area contributed by atoms with Gasteiger partial charge in [-0.1, -0.05) is 0 Å². The molecular formula is C20H20F6N4O2. The van der Waals surface area contributed by atoms with E-state index < -0.39 is 48.1 Å². The fourth-order valence-electron chi connectivity index (χ4n) is 3.83. The largest absolute Gasteiger partial charge is 0.490 e. The van der Waals surface area contributed by atoms with Crippen LogP contribution in [-0.2, 0) is 6.18 Å². The molecule has 174 valence electrons. The third-order valence-electron chi connectivity index (χ3n) is 5.53. The molecule has 1 aliphatic heterocycles. The number of ether oxygens (including phenoxy) is 1. The van der Waals surface area contributed by atoms with Crippen LogP contribution in [0.25, 0.3) is 0 Å². The summed E-state index contributed by atoms with van der Waals surface area (Å²) < 4.78 is 86.6. The molecule has 1 amide bonds. The Morgan fingerprint density at radius 3 is 2.59 bits per heavy atom. The van der Waals surface area contributed by atoms with Crippen LogP contribution in [-0.4, -0.2) is 46.8 Å². The molecule has 0 spiro atoms. The first-order valence-corrected chi connectivity index (χ1v) is 9.92. The van der Waals surface area contributed by atoms with Crippen LogP contribution in [0.1, 0.15) is 40.6 Å². The fraction of sp³-hybridized carbons (Fsp3) is 0.500. The average Bonchev–Trinajstić information content (AvgIpc) is 3.18. The molecule has 1 atom stereocenters. The third-order valence-corrected chi connectivity index (χ3v) is 5.53. The molecule has 32 heavy (non-hydrogen) atoms. The number of benzene rings is 1. The minimum Gasteiger partial charge on any atom is -0.490 e. The summed E-state index contributed by atoms with van der Waals surface area (Å²) >= 11 is 0. The number of carbonyl (C=O) groups excluding carboxylic acids is 1. The molecule has 2 aliphatic rings. The van der Waals surface area contributed by atoms with Crippen LogP contribution in [0.5, 0.6) is 5.75 Å². The molecule has 1 aromatic heterocycles. The van der Waals surface area contributed by atoms with Gasteiger partial charge in [-0.15, -0.1) is 0 Å². The smallest absolute Gasteiger partial charge is 0.416 e. The van der Waals surface area contributed by atoms with E-state index in [9.17, 15) is 31.1 Å². The van der Waals surface area contributed by atoms with Crippen LogP contribution in [0, 0.1) is 12.7 Å². The first kappa shape index (κ1) is 22.4. The normalized spacial score (nSPS) is 24.8. The highest BCUT2D eigenvalue weighted by Crippen LogP contribution is 2.38. The summed E-state index contributed by atoms with van der Waals surface area (Å²) in [5.41, 5.74) is -0.530. The maximum Gasteiger partial charge on any atom is 0.416 e. The van der Waals surface area contributed by atoms with Crippen molar-refractivity contribution in [3.8, 4) is 5.75 Å². The monoisotopic (exact) mass is 462 g/mol. The molecule has 2 fully saturated rings. The number of hydrogen-bond donors (Lipinski definition) is 2. The molecule has 6 nitrogen and oxygen atoms in total. The summed E-state index contributed by atoms with van der Waals surface area (Å²) in [6.45, 7) is 1.07. The van der Waals surface area contributed by atoms with Gasteiger partial charge in [-0.2, -0.15) is 18.3 Å². The van der Waals surface area contributed by atoms with E-state index >= 15 is 0 Å². The van der Waals surface area contributed by atoms with Crippen molar-refractivity contribution in [3.05, 3.63) is 47.0 Å². The van der Waals surface area contributed by atoms with Gasteiger partial charge in [-0.25, -0.2) is 13.2 Å². The van der Waals surface area contributed by atoms with Gasteiger partial charge in [0.2, 0.25) is 0 Å². The van der Waals surface area contributed by atoms with Gasteiger partial charge in [0, 0.05) is 25.5 Å². The molecule has 1 aliphatic carbocycles. The minimum atomic E-state index is -4.71. The predicted molar refractivity (Wildman–Crippen MR) is 100 cm³/mol. The van der Waals surface area contributed by atoms with Crippen LogP contribution in [0.4, 0.5) is 26.3 Å². The number of carbonyl (C=O) groups is 1. The van der Waals surface area contributed by atoms with Crippen LogP contribution in [0.3, 0.4) is 0 Å². The lowest BCUT2D eigenvalue weighted by molar-refractivity contribution is -0.138. The molecule has 12 heteroatoms. The molecule has 1 saturated carbocycles. The van der Waals surface area contributed by atoms with Crippen molar-refractivity contribution >= 4 is 5.91 Å². The quantitative estimate of drug-likeness (QED) is 0.668. The molecule has 0 bridgehead atoms. The van der Waals surface area contributed by atoms with Crippen LogP contribution in [0.15, 0.2) is 24.3 Å². The number of nitrogens with zero attached hydrogens (tertiary/aromatic N) is 2. The summed E-state index contributed by atoms with van der Waals surface area (Å²) in [6.07, 6.45) is -4.60. The van der Waals surface area contributed by atoms with Crippen molar-refractivity contribution in [1.82, 2.24) is 20.4 Å². The lowest BCUT2D eigenvalue weighted by atomic mass is 9.89. The number of aryl methyl sites for hydroxylation is 1. The number of aromatic nitrogens is 2. The van der Waals surface area contributed by atoms with Gasteiger partial charge >= 0.3 is 6.18 Å². The van der Waals surface area contributed by atoms with Crippen LogP contribution in [0.2, 0.25) is 0 Å². The Bertz CT molecular complexity index is 1020. The highest BCUT2D eigenvalue weighted by Gasteiger charge is 2.45. The highest BCUT2D eigenvalue weighted by atomic mass is 19.4. The van der Waals surface area contributed by atoms with Crippen molar-refractivity contribution in [2.75, 3.05) is 13.1 Å². The minimum absolute atomic E-state index is 0.0568. The Kier molecular flexibility index (Phi) is 5.60. The summed E-state index contributed by atoms with van der Waals surface area (Å²) in [7, 11) is 0. The van der Waals surface area contributed by atoms with E-state index in [0.29, 0.717) is 24.6 Å². The van der Waals surface area contributed by atoms with Crippen molar-refractivity contribution in [2.45, 2.75) is 50.1 Å². The zero-order valence-electron chi connectivity index (χ0n) is 16.8. The maximum atomic E-state index is 13.8. The SMILES string of the molecule is Cc1cc(C(=O)NC2CNCC2(F)F)n(C2CC(Oc3cc(F)cc(C(F)(F)F)c3)C2)n1. The fourth-order valence-corrected chi connectivity index (χ4v) is 3.83. The van der Waals surface area contributed by atoms with E-state index in [1.165, 1.54) is 10.7 Å². The number of halogens is 6. The average molecular weight is 462 g/mol. The number of hydrogen-bond acceptors (Lipinski definition) is 4. The molecule has 2 N–H and O–H groups in total. The zero-order chi connectivity index (χ0) is 23.3. The predicted octanol–water partition coefficient (Wildman–Crippen LogP) is 3.47. The standard InChI is InChI=1S/C20H20F6N4O2/c1-10-2-16(18(31)28-17-8-27-9-19(17,22)23)30(29-10)13-6-15(7-13)32-14-4-11(20(24,25)26)3-12(21)5-14/h2-5,13,15,17,27H,6-9H2,1H3,(H,28,31). The van der Waals surface area contributed by atoms with Gasteiger partial charge in [0.1, 0.15) is 29.4 Å². The van der Waals surface area contributed by atoms with Gasteiger partial charge in [-0.05, 0) is 25.1 Å². The van der Waals surface area contributed by atoms with Gasteiger partial charge in [0.15, 0.2) is 0 Å². The van der Waals surface area contributed by atoms with Gasteiger partial charge in [0.25, 0.3) is 11.8 Å². The second-order valence-electron chi connectivity index (χ2n) is 8.07. The van der Waals surface area contributed by atoms with E-state index in [1.807, 2.05) is 0 Å². The number of rotatable bonds is 5. The number of nitrogens with one attached hydrogen (secondary N) is 2. The Hall–Kier alpha value is -2.76. The van der Waals surface area contributed by atoms with Gasteiger partial charge in [0.05, 0.1) is 23.8 Å². The molecular weight excluding hydrogens is 442 g/mol. The van der Waals surface area contributed by atoms with Crippen LogP contribution < -0.4 is 15.4 Å². The Morgan fingerprint density at radius 1 is 1.25 bits per heavy atom. The van der Waals surface area contributed by atoms with Gasteiger partial charge < -0.3 is 15.4 Å². The third kappa shape index (κ3) is 4.54. The maximum absolute atomic E-state index is 13.8. The number of alkyl halides is 5. The zero-order valence-corrected chi connectivity index (χ0v) is 16.8. The summed E-state index contributed by atoms with van der Waals surface area (Å²) in [5.74, 6) is -5.06. The Morgan fingerprint density at radius 2 is 1.97 bits per heavy atom. The number of amides is 1. The molecule has 4 rings (SSSR count). The van der Waals surface area contributed by atoms with E-state index in [4.69, 9.17) is 4.74 Å². The lowest BCUT2D eigenvalue weighted by Crippen LogP contribution is -2.47. The summed E-state index contributed by atoms with van der Waals surface area (Å²) in [6, 6.07) is 1.81. The molecule has 2 heterocycles. The first-order valence-electron chi connectivity index (χ1n) is 9.92. The van der Waals surface area contributed by atoms with Crippen molar-refractivity contribution in [1.29, 1.82) is 0 Å². The van der Waals surface area contributed by atoms with E-state index in [-0.39, 0.29) is 24.0 Å². The van der Waals surface area contributed by atoms with Crippen molar-refractivity contribution in [2.24, 2.45) is 0 Å². The van der Waals surface area contributed by atoms with E-state index in [1.54, 1.807) is 6.92 Å². The molecule has 1 aromatic carbocycles. The van der Waals surface area contributed by atoms with Crippen molar-refractivity contribution in [3.63, 3.8) is 0 Å². The van der Waals surface area contributed by atoms with E-state index in [0.717, 1.165) is 12.1 Å². The summed E-state index contributed by atoms with van der Waals surface area (Å²) in [5, 5.41) is 9.11. The topological polar surface area (TPSA) is 68.2 Å². The first-order chi connectivity index (χ1) is 14.9. The Labute approximate surface area is 178 Å². The molecule has 1 saturated heterocycles. The molecule has 0 radical (unpaired) electrons.